The van der Waals surface area contributed by atoms with Crippen molar-refractivity contribution >= 4 is 5.91 Å². The van der Waals surface area contributed by atoms with Gasteiger partial charge in [-0.1, -0.05) is 30.3 Å². The molecule has 30 heavy (non-hydrogen) atoms. The van der Waals surface area contributed by atoms with Gasteiger partial charge in [-0.3, -0.25) is 9.69 Å². The Morgan fingerprint density at radius 3 is 2.60 bits per heavy atom. The number of benzene rings is 2. The quantitative estimate of drug-likeness (QED) is 0.662. The molecule has 1 amide bonds. The van der Waals surface area contributed by atoms with Crippen LogP contribution in [0.1, 0.15) is 33.9 Å². The summed E-state index contributed by atoms with van der Waals surface area (Å²) >= 11 is 0. The van der Waals surface area contributed by atoms with Gasteiger partial charge in [-0.05, 0) is 49.2 Å². The monoisotopic (exact) mass is 420 g/mol. The van der Waals surface area contributed by atoms with Crippen molar-refractivity contribution in [2.45, 2.75) is 18.6 Å². The second-order valence-electron chi connectivity index (χ2n) is 7.81. The maximum atomic E-state index is 13.1. The van der Waals surface area contributed by atoms with Crippen LogP contribution in [-0.4, -0.2) is 56.1 Å². The van der Waals surface area contributed by atoms with Crippen LogP contribution in [0.4, 0.5) is 13.2 Å². The third-order valence-corrected chi connectivity index (χ3v) is 5.60. The zero-order valence-electron chi connectivity index (χ0n) is 17.2. The number of ether oxygens (including phenoxy) is 1. The first-order chi connectivity index (χ1) is 14.3. The second kappa shape index (κ2) is 9.62. The van der Waals surface area contributed by atoms with Crippen molar-refractivity contribution < 1.29 is 22.7 Å². The van der Waals surface area contributed by atoms with Gasteiger partial charge in [0.15, 0.2) is 0 Å². The van der Waals surface area contributed by atoms with Crippen molar-refractivity contribution in [1.82, 2.24) is 9.80 Å². The summed E-state index contributed by atoms with van der Waals surface area (Å²) in [5.41, 5.74) is 0.590. The number of carbonyl (C=O) groups is 1. The number of halogens is 3. The Morgan fingerprint density at radius 1 is 1.20 bits per heavy atom. The Labute approximate surface area is 175 Å². The van der Waals surface area contributed by atoms with Gasteiger partial charge in [-0.2, -0.15) is 13.2 Å². The first-order valence-electron chi connectivity index (χ1n) is 10.00. The normalized spacial score (nSPS) is 18.1. The summed E-state index contributed by atoms with van der Waals surface area (Å²) in [7, 11) is 3.44. The maximum Gasteiger partial charge on any atom is 0.416 e. The van der Waals surface area contributed by atoms with Gasteiger partial charge in [0.25, 0.3) is 5.91 Å². The molecule has 162 valence electrons. The van der Waals surface area contributed by atoms with Gasteiger partial charge in [0, 0.05) is 32.3 Å². The van der Waals surface area contributed by atoms with E-state index >= 15 is 0 Å². The van der Waals surface area contributed by atoms with Crippen molar-refractivity contribution in [2.75, 3.05) is 40.4 Å². The lowest BCUT2D eigenvalue weighted by Gasteiger charge is -2.30. The molecule has 0 unspecified atom stereocenters. The highest BCUT2D eigenvalue weighted by molar-refractivity contribution is 5.94. The zero-order chi connectivity index (χ0) is 21.7. The summed E-state index contributed by atoms with van der Waals surface area (Å²) in [6, 6.07) is 14.3. The largest absolute Gasteiger partial charge is 0.416 e. The Hall–Kier alpha value is -2.38. The molecule has 0 aromatic heterocycles. The summed E-state index contributed by atoms with van der Waals surface area (Å²) in [5.74, 6) is 0.278. The molecule has 1 heterocycles. The van der Waals surface area contributed by atoms with E-state index in [1.807, 2.05) is 47.2 Å². The number of likely N-dealkylation sites (tertiary alicyclic amines) is 1. The topological polar surface area (TPSA) is 32.8 Å². The summed E-state index contributed by atoms with van der Waals surface area (Å²) in [4.78, 5) is 16.5. The predicted molar refractivity (Wildman–Crippen MR) is 109 cm³/mol. The Bertz CT molecular complexity index is 842. The van der Waals surface area contributed by atoms with E-state index in [4.69, 9.17) is 4.74 Å². The van der Waals surface area contributed by atoms with E-state index in [1.165, 1.54) is 12.1 Å². The smallest absolute Gasteiger partial charge is 0.383 e. The highest BCUT2D eigenvalue weighted by Gasteiger charge is 2.32. The van der Waals surface area contributed by atoms with E-state index in [9.17, 15) is 18.0 Å². The number of methoxy groups -OCH3 is 1. The number of carbonyl (C=O) groups excluding carboxylic acids is 1. The second-order valence-corrected chi connectivity index (χ2v) is 7.81. The molecule has 2 atom stereocenters. The standard InChI is InChI=1S/C23H27F3N2O2/c1-27(21(16-30-2)19-9-6-10-20(13-19)23(24,25)26)14-17-11-12-28(15-17)22(29)18-7-4-3-5-8-18/h3-10,13,17,21H,11-12,14-16H2,1-2H3/t17-,21-/m0/s1. The van der Waals surface area contributed by atoms with Gasteiger partial charge >= 0.3 is 6.18 Å². The molecular formula is C23H27F3N2O2. The summed E-state index contributed by atoms with van der Waals surface area (Å²) < 4.78 is 44.7. The average Bonchev–Trinajstić information content (AvgIpc) is 3.20. The van der Waals surface area contributed by atoms with E-state index in [1.54, 1.807) is 13.2 Å². The van der Waals surface area contributed by atoms with Crippen LogP contribution >= 0.6 is 0 Å². The number of rotatable bonds is 7. The van der Waals surface area contributed by atoms with E-state index < -0.39 is 11.7 Å². The predicted octanol–water partition coefficient (Wildman–Crippen LogP) is 4.49. The molecule has 0 spiro atoms. The molecule has 1 saturated heterocycles. The number of likely N-dealkylation sites (N-methyl/N-ethyl adjacent to an activating group) is 1. The minimum atomic E-state index is -4.38. The van der Waals surface area contributed by atoms with Crippen molar-refractivity contribution in [2.24, 2.45) is 5.92 Å². The van der Waals surface area contributed by atoms with Crippen LogP contribution in [-0.2, 0) is 10.9 Å². The fourth-order valence-corrected chi connectivity index (χ4v) is 4.02. The third-order valence-electron chi connectivity index (χ3n) is 5.60. The molecule has 1 aliphatic heterocycles. The molecule has 0 N–H and O–H groups in total. The van der Waals surface area contributed by atoms with E-state index in [0.29, 0.717) is 30.8 Å². The van der Waals surface area contributed by atoms with Gasteiger partial charge in [0.1, 0.15) is 0 Å². The van der Waals surface area contributed by atoms with E-state index in [0.717, 1.165) is 12.5 Å². The Kier molecular flexibility index (Phi) is 7.15. The first-order valence-corrected chi connectivity index (χ1v) is 10.00. The minimum Gasteiger partial charge on any atom is -0.383 e. The number of amides is 1. The van der Waals surface area contributed by atoms with Crippen LogP contribution in [0.2, 0.25) is 0 Å². The zero-order valence-corrected chi connectivity index (χ0v) is 17.2. The number of nitrogens with zero attached hydrogens (tertiary/aromatic N) is 2. The SMILES string of the molecule is COC[C@@H](c1cccc(C(F)(F)F)c1)N(C)C[C@@H]1CCN(C(=O)c2ccccc2)C1. The molecular weight excluding hydrogens is 393 g/mol. The van der Waals surface area contributed by atoms with Crippen LogP contribution < -0.4 is 0 Å². The lowest BCUT2D eigenvalue weighted by molar-refractivity contribution is -0.137. The molecule has 2 aromatic carbocycles. The van der Waals surface area contributed by atoms with Gasteiger partial charge in [0.05, 0.1) is 18.2 Å². The fourth-order valence-electron chi connectivity index (χ4n) is 4.02. The van der Waals surface area contributed by atoms with Crippen molar-refractivity contribution in [3.63, 3.8) is 0 Å². The molecule has 0 saturated carbocycles. The van der Waals surface area contributed by atoms with Gasteiger partial charge in [-0.25, -0.2) is 0 Å². The summed E-state index contributed by atoms with van der Waals surface area (Å²) in [6.45, 7) is 2.28. The van der Waals surface area contributed by atoms with Crippen molar-refractivity contribution in [1.29, 1.82) is 0 Å². The molecule has 0 bridgehead atoms. The van der Waals surface area contributed by atoms with E-state index in [-0.39, 0.29) is 24.5 Å². The van der Waals surface area contributed by atoms with Crippen molar-refractivity contribution in [3.8, 4) is 0 Å². The molecule has 3 rings (SSSR count). The Morgan fingerprint density at radius 2 is 1.93 bits per heavy atom. The van der Waals surface area contributed by atoms with Crippen molar-refractivity contribution in [3.05, 3.63) is 71.3 Å². The van der Waals surface area contributed by atoms with Crippen LogP contribution in [0, 0.1) is 5.92 Å². The van der Waals surface area contributed by atoms with Crippen LogP contribution in [0.25, 0.3) is 0 Å². The number of hydrogen-bond acceptors (Lipinski definition) is 3. The molecule has 0 radical (unpaired) electrons. The summed E-state index contributed by atoms with van der Waals surface area (Å²) in [5, 5.41) is 0. The summed E-state index contributed by atoms with van der Waals surface area (Å²) in [6.07, 6.45) is -3.51. The average molecular weight is 420 g/mol. The van der Waals surface area contributed by atoms with Gasteiger partial charge in [0.2, 0.25) is 0 Å². The number of alkyl halides is 3. The van der Waals surface area contributed by atoms with Crippen LogP contribution in [0.3, 0.4) is 0 Å². The molecule has 1 fully saturated rings. The van der Waals surface area contributed by atoms with Gasteiger partial charge < -0.3 is 9.64 Å². The molecule has 2 aromatic rings. The first kappa shape index (κ1) is 22.3. The lowest BCUT2D eigenvalue weighted by Crippen LogP contribution is -2.35. The maximum absolute atomic E-state index is 13.1. The van der Waals surface area contributed by atoms with Gasteiger partial charge in [-0.15, -0.1) is 0 Å². The highest BCUT2D eigenvalue weighted by Crippen LogP contribution is 2.32. The highest BCUT2D eigenvalue weighted by atomic mass is 19.4. The lowest BCUT2D eigenvalue weighted by atomic mass is 10.0. The molecule has 7 heteroatoms. The number of hydrogen-bond donors (Lipinski definition) is 0. The third kappa shape index (κ3) is 5.40. The molecule has 0 aliphatic carbocycles. The van der Waals surface area contributed by atoms with E-state index in [2.05, 4.69) is 0 Å². The molecule has 1 aliphatic rings. The van der Waals surface area contributed by atoms with Crippen LogP contribution in [0.15, 0.2) is 54.6 Å². The van der Waals surface area contributed by atoms with Crippen LogP contribution in [0.5, 0.6) is 0 Å². The fraction of sp³-hybridized carbons (Fsp3) is 0.435. The Balaban J connectivity index is 1.66. The minimum absolute atomic E-state index is 0.0204. The molecule has 4 nitrogen and oxygen atoms in total.